The fourth-order valence-corrected chi connectivity index (χ4v) is 2.30. The molecule has 0 aliphatic carbocycles. The molecule has 4 N–H and O–H groups in total. The molecule has 0 fully saturated rings. The number of ether oxygens (including phenoxy) is 2. The van der Waals surface area contributed by atoms with Crippen molar-refractivity contribution in [1.29, 1.82) is 0 Å². The molecule has 0 spiro atoms. The Balaban J connectivity index is 1.50. The normalized spacial score (nSPS) is 12.6. The predicted octanol–water partition coefficient (Wildman–Crippen LogP) is 0.749. The van der Waals surface area contributed by atoms with Gasteiger partial charge in [-0.1, -0.05) is 0 Å². The molecular formula is C18H17N3O6. The fourth-order valence-electron chi connectivity index (χ4n) is 2.30. The standard InChI is InChI=1S/C18H17N3O6/c22-13-3-1-12(14(23)8-13)9-20-21-17(24)10-19-18(25)11-2-4-15-16(7-11)27-6-5-26-15/h1-4,7-9,22-23H,5-6,10H2,(H,19,25)(H,21,24)/b20-9-. The van der Waals surface area contributed by atoms with Gasteiger partial charge in [-0.05, 0) is 30.3 Å². The summed E-state index contributed by atoms with van der Waals surface area (Å²) in [5.41, 5.74) is 2.88. The van der Waals surface area contributed by atoms with Crippen LogP contribution in [0.4, 0.5) is 0 Å². The minimum Gasteiger partial charge on any atom is -0.508 e. The molecule has 2 aromatic rings. The molecule has 0 bridgehead atoms. The number of benzene rings is 2. The van der Waals surface area contributed by atoms with Gasteiger partial charge < -0.3 is 25.0 Å². The molecule has 0 aromatic heterocycles. The third kappa shape index (κ3) is 4.66. The molecule has 1 aliphatic rings. The van der Waals surface area contributed by atoms with Crippen molar-refractivity contribution in [3.05, 3.63) is 47.5 Å². The van der Waals surface area contributed by atoms with Gasteiger partial charge in [-0.2, -0.15) is 5.10 Å². The van der Waals surface area contributed by atoms with Crippen molar-refractivity contribution in [1.82, 2.24) is 10.7 Å². The van der Waals surface area contributed by atoms with Gasteiger partial charge >= 0.3 is 0 Å². The number of amides is 2. The van der Waals surface area contributed by atoms with Crippen LogP contribution in [0.1, 0.15) is 15.9 Å². The van der Waals surface area contributed by atoms with Gasteiger partial charge in [-0.3, -0.25) is 9.59 Å². The number of nitrogens with one attached hydrogen (secondary N) is 2. The summed E-state index contributed by atoms with van der Waals surface area (Å²) >= 11 is 0. The number of fused-ring (bicyclic) bond motifs is 1. The lowest BCUT2D eigenvalue weighted by Crippen LogP contribution is -2.35. The van der Waals surface area contributed by atoms with Crippen LogP contribution in [0.5, 0.6) is 23.0 Å². The zero-order chi connectivity index (χ0) is 19.2. The lowest BCUT2D eigenvalue weighted by Gasteiger charge is -2.18. The van der Waals surface area contributed by atoms with Crippen molar-refractivity contribution in [3.8, 4) is 23.0 Å². The third-order valence-corrected chi connectivity index (χ3v) is 3.62. The zero-order valence-electron chi connectivity index (χ0n) is 14.1. The van der Waals surface area contributed by atoms with E-state index in [0.717, 1.165) is 6.07 Å². The van der Waals surface area contributed by atoms with Gasteiger partial charge in [0.1, 0.15) is 24.7 Å². The van der Waals surface area contributed by atoms with Crippen LogP contribution in [0.2, 0.25) is 0 Å². The maximum atomic E-state index is 12.1. The largest absolute Gasteiger partial charge is 0.508 e. The summed E-state index contributed by atoms with van der Waals surface area (Å²) in [5, 5.41) is 25.0. The van der Waals surface area contributed by atoms with Crippen LogP contribution in [-0.4, -0.2) is 48.0 Å². The van der Waals surface area contributed by atoms with Gasteiger partial charge in [-0.15, -0.1) is 0 Å². The number of hydrazone groups is 1. The summed E-state index contributed by atoms with van der Waals surface area (Å²) < 4.78 is 10.8. The highest BCUT2D eigenvalue weighted by molar-refractivity contribution is 5.97. The van der Waals surface area contributed by atoms with E-state index in [-0.39, 0.29) is 18.0 Å². The Morgan fingerprint density at radius 2 is 1.85 bits per heavy atom. The molecule has 1 aliphatic heterocycles. The number of hydrogen-bond donors (Lipinski definition) is 4. The summed E-state index contributed by atoms with van der Waals surface area (Å²) in [6.45, 7) is 0.586. The predicted molar refractivity (Wildman–Crippen MR) is 95.3 cm³/mol. The molecule has 9 nitrogen and oxygen atoms in total. The van der Waals surface area contributed by atoms with Crippen molar-refractivity contribution in [2.75, 3.05) is 19.8 Å². The molecule has 0 unspecified atom stereocenters. The SMILES string of the molecule is O=C(CNC(=O)c1ccc2c(c1)OCCO2)N/N=C\c1ccc(O)cc1O. The molecule has 9 heteroatoms. The Labute approximate surface area is 154 Å². The van der Waals surface area contributed by atoms with Gasteiger partial charge in [0, 0.05) is 17.2 Å². The molecule has 3 rings (SSSR count). The highest BCUT2D eigenvalue weighted by atomic mass is 16.6. The first kappa shape index (κ1) is 18.1. The van der Waals surface area contributed by atoms with Crippen molar-refractivity contribution in [3.63, 3.8) is 0 Å². The number of phenols is 2. The van der Waals surface area contributed by atoms with E-state index in [9.17, 15) is 19.8 Å². The maximum absolute atomic E-state index is 12.1. The van der Waals surface area contributed by atoms with Gasteiger partial charge in [0.15, 0.2) is 11.5 Å². The minimum atomic E-state index is -0.546. The first-order valence-electron chi connectivity index (χ1n) is 8.04. The molecule has 0 saturated carbocycles. The molecule has 2 aromatic carbocycles. The smallest absolute Gasteiger partial charge is 0.259 e. The number of carbonyl (C=O) groups is 2. The van der Waals surface area contributed by atoms with Gasteiger partial charge in [0.25, 0.3) is 11.8 Å². The average molecular weight is 371 g/mol. The van der Waals surface area contributed by atoms with E-state index < -0.39 is 11.8 Å². The van der Waals surface area contributed by atoms with E-state index in [1.54, 1.807) is 18.2 Å². The number of nitrogens with zero attached hydrogens (tertiary/aromatic N) is 1. The van der Waals surface area contributed by atoms with Crippen LogP contribution in [0.15, 0.2) is 41.5 Å². The highest BCUT2D eigenvalue weighted by Crippen LogP contribution is 2.30. The summed E-state index contributed by atoms with van der Waals surface area (Å²) in [4.78, 5) is 23.9. The molecule has 0 saturated heterocycles. The number of rotatable bonds is 5. The number of carbonyl (C=O) groups excluding carboxylic acids is 2. The van der Waals surface area contributed by atoms with Crippen LogP contribution in [0.3, 0.4) is 0 Å². The first-order valence-corrected chi connectivity index (χ1v) is 8.04. The molecular weight excluding hydrogens is 354 g/mol. The number of aromatic hydroxyl groups is 2. The van der Waals surface area contributed by atoms with E-state index in [4.69, 9.17) is 9.47 Å². The lowest BCUT2D eigenvalue weighted by molar-refractivity contribution is -0.120. The second-order valence-electron chi connectivity index (χ2n) is 5.58. The van der Waals surface area contributed by atoms with E-state index >= 15 is 0 Å². The van der Waals surface area contributed by atoms with Crippen LogP contribution < -0.4 is 20.2 Å². The van der Waals surface area contributed by atoms with Gasteiger partial charge in [0.05, 0.1) is 12.8 Å². The Morgan fingerprint density at radius 3 is 2.63 bits per heavy atom. The fraction of sp³-hybridized carbons (Fsp3) is 0.167. The Bertz CT molecular complexity index is 897. The summed E-state index contributed by atoms with van der Waals surface area (Å²) in [7, 11) is 0. The second-order valence-corrected chi connectivity index (χ2v) is 5.58. The van der Waals surface area contributed by atoms with E-state index in [1.807, 2.05) is 0 Å². The second kappa shape index (κ2) is 8.09. The summed E-state index contributed by atoms with van der Waals surface area (Å²) in [6, 6.07) is 8.72. The van der Waals surface area contributed by atoms with E-state index in [0.29, 0.717) is 35.8 Å². The minimum absolute atomic E-state index is 0.0875. The molecule has 140 valence electrons. The molecule has 0 radical (unpaired) electrons. The van der Waals surface area contributed by atoms with E-state index in [1.165, 1.54) is 18.3 Å². The molecule has 0 atom stereocenters. The topological polar surface area (TPSA) is 129 Å². The van der Waals surface area contributed by atoms with Crippen LogP contribution >= 0.6 is 0 Å². The van der Waals surface area contributed by atoms with Gasteiger partial charge in [0.2, 0.25) is 0 Å². The Morgan fingerprint density at radius 1 is 1.07 bits per heavy atom. The van der Waals surface area contributed by atoms with Crippen LogP contribution in [-0.2, 0) is 4.79 Å². The van der Waals surface area contributed by atoms with Crippen LogP contribution in [0, 0.1) is 0 Å². The average Bonchev–Trinajstić information content (AvgIpc) is 2.67. The highest BCUT2D eigenvalue weighted by Gasteiger charge is 2.15. The van der Waals surface area contributed by atoms with Crippen molar-refractivity contribution in [2.24, 2.45) is 5.10 Å². The van der Waals surface area contributed by atoms with Crippen molar-refractivity contribution < 1.29 is 29.3 Å². The molecule has 1 heterocycles. The third-order valence-electron chi connectivity index (χ3n) is 3.62. The van der Waals surface area contributed by atoms with Crippen molar-refractivity contribution in [2.45, 2.75) is 0 Å². The first-order chi connectivity index (χ1) is 13.0. The summed E-state index contributed by atoms with van der Waals surface area (Å²) in [5.74, 6) is -0.202. The van der Waals surface area contributed by atoms with E-state index in [2.05, 4.69) is 15.8 Å². The Kier molecular flexibility index (Phi) is 5.41. The molecule has 27 heavy (non-hydrogen) atoms. The van der Waals surface area contributed by atoms with Crippen molar-refractivity contribution >= 4 is 18.0 Å². The zero-order valence-corrected chi connectivity index (χ0v) is 14.1. The van der Waals surface area contributed by atoms with Crippen LogP contribution in [0.25, 0.3) is 0 Å². The number of phenolic OH excluding ortho intramolecular Hbond substituents is 2. The van der Waals surface area contributed by atoms with Gasteiger partial charge in [-0.25, -0.2) is 5.43 Å². The maximum Gasteiger partial charge on any atom is 0.259 e. The monoisotopic (exact) mass is 371 g/mol. The lowest BCUT2D eigenvalue weighted by atomic mass is 10.2. The Hall–Kier alpha value is -3.75. The molecule has 2 amide bonds. The number of hydrogen-bond acceptors (Lipinski definition) is 7. The summed E-state index contributed by atoms with van der Waals surface area (Å²) in [6.07, 6.45) is 1.22. The quantitative estimate of drug-likeness (QED) is 0.453.